The lowest BCUT2D eigenvalue weighted by Gasteiger charge is -2.09. The molecule has 1 aromatic rings. The van der Waals surface area contributed by atoms with Crippen LogP contribution in [0.25, 0.3) is 0 Å². The fourth-order valence-corrected chi connectivity index (χ4v) is 2.21. The summed E-state index contributed by atoms with van der Waals surface area (Å²) in [4.78, 5) is 1.18. The van der Waals surface area contributed by atoms with Gasteiger partial charge in [0.15, 0.2) is 0 Å². The number of hydrogen-bond donors (Lipinski definition) is 0. The third-order valence-electron chi connectivity index (χ3n) is 1.89. The van der Waals surface area contributed by atoms with Gasteiger partial charge in [0.25, 0.3) is 0 Å². The molecule has 1 nitrogen and oxygen atoms in total. The summed E-state index contributed by atoms with van der Waals surface area (Å²) in [5.74, 6) is 0. The first-order chi connectivity index (χ1) is 6.76. The Labute approximate surface area is 94.1 Å². The van der Waals surface area contributed by atoms with Crippen molar-refractivity contribution in [2.75, 3.05) is 0 Å². The van der Waals surface area contributed by atoms with Gasteiger partial charge in [0, 0.05) is 21.6 Å². The van der Waals surface area contributed by atoms with Gasteiger partial charge < -0.3 is 0 Å². The molecule has 0 aliphatic heterocycles. The van der Waals surface area contributed by atoms with Gasteiger partial charge in [-0.15, -0.1) is 11.8 Å². The Morgan fingerprint density at radius 3 is 2.57 bits per heavy atom. The Morgan fingerprint density at radius 2 is 2.07 bits per heavy atom. The molecule has 3 heteroatoms. The molecule has 0 saturated heterocycles. The maximum Gasteiger partial charge on any atom is 0.0633 e. The lowest BCUT2D eigenvalue weighted by Crippen LogP contribution is -1.98. The predicted octanol–water partition coefficient (Wildman–Crippen LogP) is 4.12. The zero-order chi connectivity index (χ0) is 10.4. The normalized spacial score (nSPS) is 12.1. The van der Waals surface area contributed by atoms with Crippen molar-refractivity contribution in [2.24, 2.45) is 0 Å². The summed E-state index contributed by atoms with van der Waals surface area (Å²) < 4.78 is 0. The summed E-state index contributed by atoms with van der Waals surface area (Å²) in [6, 6.07) is 9.95. The highest BCUT2D eigenvalue weighted by atomic mass is 35.5. The molecule has 74 valence electrons. The smallest absolute Gasteiger partial charge is 0.0633 e. The van der Waals surface area contributed by atoms with Gasteiger partial charge in [0.2, 0.25) is 0 Å². The fraction of sp³-hybridized carbons (Fsp3) is 0.364. The number of hydrogen-bond acceptors (Lipinski definition) is 2. The molecule has 0 fully saturated rings. The Morgan fingerprint density at radius 1 is 1.43 bits per heavy atom. The molecule has 0 heterocycles. The SMILES string of the molecule is CCC(CC#N)Sc1ccc(Cl)cc1. The van der Waals surface area contributed by atoms with Crippen LogP contribution in [-0.4, -0.2) is 5.25 Å². The molecule has 0 aliphatic rings. The quantitative estimate of drug-likeness (QED) is 0.720. The van der Waals surface area contributed by atoms with E-state index >= 15 is 0 Å². The second kappa shape index (κ2) is 5.95. The van der Waals surface area contributed by atoms with Crippen LogP contribution < -0.4 is 0 Å². The summed E-state index contributed by atoms with van der Waals surface area (Å²) in [5.41, 5.74) is 0. The zero-order valence-electron chi connectivity index (χ0n) is 8.03. The minimum absolute atomic E-state index is 0.390. The highest BCUT2D eigenvalue weighted by molar-refractivity contribution is 8.00. The summed E-state index contributed by atoms with van der Waals surface area (Å²) in [5, 5.41) is 9.75. The molecule has 1 aromatic carbocycles. The Kier molecular flexibility index (Phi) is 4.86. The monoisotopic (exact) mass is 225 g/mol. The summed E-state index contributed by atoms with van der Waals surface area (Å²) in [6.07, 6.45) is 1.62. The van der Waals surface area contributed by atoms with Crippen molar-refractivity contribution >= 4 is 23.4 Å². The van der Waals surface area contributed by atoms with Crippen LogP contribution in [0.15, 0.2) is 29.2 Å². The first-order valence-electron chi connectivity index (χ1n) is 4.55. The highest BCUT2D eigenvalue weighted by Gasteiger charge is 2.07. The number of halogens is 1. The maximum absolute atomic E-state index is 8.61. The van der Waals surface area contributed by atoms with Crippen molar-refractivity contribution in [3.05, 3.63) is 29.3 Å². The summed E-state index contributed by atoms with van der Waals surface area (Å²) >= 11 is 7.52. The molecular weight excluding hydrogens is 214 g/mol. The van der Waals surface area contributed by atoms with Crippen LogP contribution in [0.4, 0.5) is 0 Å². The number of nitriles is 1. The van der Waals surface area contributed by atoms with Crippen molar-refractivity contribution in [2.45, 2.75) is 29.9 Å². The number of rotatable bonds is 4. The standard InChI is InChI=1S/C11H12ClNS/c1-2-10(7-8-13)14-11-5-3-9(12)4-6-11/h3-6,10H,2,7H2,1H3. The second-order valence-corrected chi connectivity index (χ2v) is 4.77. The van der Waals surface area contributed by atoms with Crippen LogP contribution in [0.1, 0.15) is 19.8 Å². The fourth-order valence-electron chi connectivity index (χ4n) is 1.08. The van der Waals surface area contributed by atoms with Crippen LogP contribution in [-0.2, 0) is 0 Å². The Balaban J connectivity index is 2.59. The van der Waals surface area contributed by atoms with E-state index in [9.17, 15) is 0 Å². The Hall–Kier alpha value is -0.650. The van der Waals surface area contributed by atoms with Crippen molar-refractivity contribution in [3.8, 4) is 6.07 Å². The first-order valence-corrected chi connectivity index (χ1v) is 5.81. The van der Waals surface area contributed by atoms with Crippen molar-refractivity contribution < 1.29 is 0 Å². The van der Waals surface area contributed by atoms with E-state index in [1.807, 2.05) is 24.3 Å². The van der Waals surface area contributed by atoms with Crippen LogP contribution in [0.3, 0.4) is 0 Å². The number of nitrogens with zero attached hydrogens (tertiary/aromatic N) is 1. The molecule has 0 saturated carbocycles. The van der Waals surface area contributed by atoms with Crippen molar-refractivity contribution in [3.63, 3.8) is 0 Å². The molecule has 0 bridgehead atoms. The molecule has 0 aliphatic carbocycles. The topological polar surface area (TPSA) is 23.8 Å². The van der Waals surface area contributed by atoms with E-state index in [-0.39, 0.29) is 0 Å². The van der Waals surface area contributed by atoms with Crippen LogP contribution >= 0.6 is 23.4 Å². The van der Waals surface area contributed by atoms with Crippen molar-refractivity contribution in [1.29, 1.82) is 5.26 Å². The van der Waals surface area contributed by atoms with Gasteiger partial charge in [-0.1, -0.05) is 18.5 Å². The minimum Gasteiger partial charge on any atom is -0.198 e. The number of thioether (sulfide) groups is 1. The number of benzene rings is 1. The van der Waals surface area contributed by atoms with E-state index in [0.29, 0.717) is 11.7 Å². The Bertz CT molecular complexity index is 315. The molecule has 14 heavy (non-hydrogen) atoms. The van der Waals surface area contributed by atoms with Gasteiger partial charge in [-0.05, 0) is 30.7 Å². The van der Waals surface area contributed by atoms with E-state index in [1.165, 1.54) is 4.90 Å². The molecule has 0 aromatic heterocycles. The van der Waals surface area contributed by atoms with E-state index in [4.69, 9.17) is 16.9 Å². The van der Waals surface area contributed by atoms with Gasteiger partial charge >= 0.3 is 0 Å². The molecule has 0 spiro atoms. The van der Waals surface area contributed by atoms with Gasteiger partial charge in [-0.2, -0.15) is 5.26 Å². The molecular formula is C11H12ClNS. The molecule has 0 N–H and O–H groups in total. The van der Waals surface area contributed by atoms with Crippen LogP contribution in [0, 0.1) is 11.3 Å². The predicted molar refractivity (Wildman–Crippen MR) is 61.6 cm³/mol. The minimum atomic E-state index is 0.390. The average molecular weight is 226 g/mol. The second-order valence-electron chi connectivity index (χ2n) is 2.96. The molecule has 1 atom stereocenters. The summed E-state index contributed by atoms with van der Waals surface area (Å²) in [6.45, 7) is 2.10. The molecule has 0 amide bonds. The van der Waals surface area contributed by atoms with Crippen LogP contribution in [0.2, 0.25) is 5.02 Å². The molecule has 1 unspecified atom stereocenters. The lowest BCUT2D eigenvalue weighted by molar-refractivity contribution is 0.842. The maximum atomic E-state index is 8.61. The van der Waals surface area contributed by atoms with E-state index in [2.05, 4.69) is 13.0 Å². The average Bonchev–Trinajstić information content (AvgIpc) is 2.20. The first kappa shape index (κ1) is 11.4. The van der Waals surface area contributed by atoms with E-state index in [1.54, 1.807) is 11.8 Å². The molecule has 0 radical (unpaired) electrons. The third kappa shape index (κ3) is 3.61. The zero-order valence-corrected chi connectivity index (χ0v) is 9.61. The van der Waals surface area contributed by atoms with Gasteiger partial charge in [-0.3, -0.25) is 0 Å². The molecule has 1 rings (SSSR count). The van der Waals surface area contributed by atoms with Gasteiger partial charge in [0.1, 0.15) is 0 Å². The van der Waals surface area contributed by atoms with Crippen LogP contribution in [0.5, 0.6) is 0 Å². The van der Waals surface area contributed by atoms with Gasteiger partial charge in [-0.25, -0.2) is 0 Å². The van der Waals surface area contributed by atoms with Crippen molar-refractivity contribution in [1.82, 2.24) is 0 Å². The largest absolute Gasteiger partial charge is 0.198 e. The highest BCUT2D eigenvalue weighted by Crippen LogP contribution is 2.28. The lowest BCUT2D eigenvalue weighted by atomic mass is 10.3. The third-order valence-corrected chi connectivity index (χ3v) is 3.52. The van der Waals surface area contributed by atoms with Gasteiger partial charge in [0.05, 0.1) is 6.07 Å². The van der Waals surface area contributed by atoms with E-state index in [0.717, 1.165) is 11.4 Å². The summed E-state index contributed by atoms with van der Waals surface area (Å²) in [7, 11) is 0. The van der Waals surface area contributed by atoms with E-state index < -0.39 is 0 Å².